The van der Waals surface area contributed by atoms with Crippen LogP contribution in [0.25, 0.3) is 0 Å². The van der Waals surface area contributed by atoms with E-state index in [1.165, 1.54) is 0 Å². The summed E-state index contributed by atoms with van der Waals surface area (Å²) in [4.78, 5) is 28.9. The second kappa shape index (κ2) is 8.82. The maximum atomic E-state index is 12.8. The van der Waals surface area contributed by atoms with Crippen LogP contribution in [-0.4, -0.2) is 60.8 Å². The van der Waals surface area contributed by atoms with Gasteiger partial charge in [0.15, 0.2) is 17.3 Å². The quantitative estimate of drug-likeness (QED) is 0.691. The zero-order chi connectivity index (χ0) is 22.9. The lowest BCUT2D eigenvalue weighted by Crippen LogP contribution is -2.53. The van der Waals surface area contributed by atoms with Gasteiger partial charge < -0.3 is 19.5 Å². The molecule has 1 unspecified atom stereocenters. The molecule has 7 nitrogen and oxygen atoms in total. The van der Waals surface area contributed by atoms with Crippen LogP contribution < -0.4 is 14.4 Å². The molecule has 170 valence electrons. The van der Waals surface area contributed by atoms with Crippen LogP contribution in [0.4, 0.5) is 5.69 Å². The lowest BCUT2D eigenvalue weighted by molar-refractivity contribution is -0.143. The first-order valence-corrected chi connectivity index (χ1v) is 11.0. The summed E-state index contributed by atoms with van der Waals surface area (Å²) in [7, 11) is 0. The number of nitrogens with zero attached hydrogens (tertiary/aromatic N) is 2. The molecular weight excluding hydrogens is 408 g/mol. The zero-order valence-corrected chi connectivity index (χ0v) is 18.8. The molecule has 1 atom stereocenters. The van der Waals surface area contributed by atoms with E-state index in [-0.39, 0.29) is 24.4 Å². The Morgan fingerprint density at radius 1 is 0.969 bits per heavy atom. The molecule has 0 aliphatic carbocycles. The molecule has 4 rings (SSSR count). The molecule has 0 radical (unpaired) electrons. The SMILES string of the molecule is CC(C)(C)c1ccc(C(=O)CC(C(=O)O)N2CCN(c3ccc4c(c3)OCO4)CC2)cc1. The van der Waals surface area contributed by atoms with Gasteiger partial charge in [0, 0.05) is 49.9 Å². The molecule has 0 aromatic heterocycles. The Morgan fingerprint density at radius 2 is 1.62 bits per heavy atom. The first kappa shape index (κ1) is 22.1. The third kappa shape index (κ3) is 4.72. The highest BCUT2D eigenvalue weighted by Crippen LogP contribution is 2.35. The number of hydrogen-bond acceptors (Lipinski definition) is 6. The number of fused-ring (bicyclic) bond motifs is 1. The van der Waals surface area contributed by atoms with Crippen molar-refractivity contribution in [3.63, 3.8) is 0 Å². The third-order valence-electron chi connectivity index (χ3n) is 6.21. The Bertz CT molecular complexity index is 988. The van der Waals surface area contributed by atoms with E-state index in [1.54, 1.807) is 12.1 Å². The number of anilines is 1. The Morgan fingerprint density at radius 3 is 2.25 bits per heavy atom. The number of ether oxygens (including phenoxy) is 2. The minimum absolute atomic E-state index is 0.00281. The summed E-state index contributed by atoms with van der Waals surface area (Å²) in [6.07, 6.45) is -0.0335. The van der Waals surface area contributed by atoms with Gasteiger partial charge in [0.2, 0.25) is 6.79 Å². The Kier molecular flexibility index (Phi) is 6.11. The van der Waals surface area contributed by atoms with Crippen LogP contribution in [0.2, 0.25) is 0 Å². The summed E-state index contributed by atoms with van der Waals surface area (Å²) in [5.74, 6) is 0.376. The molecule has 1 N–H and O–H groups in total. The maximum absolute atomic E-state index is 12.8. The number of aliphatic carboxylic acids is 1. The molecule has 2 aromatic rings. The van der Waals surface area contributed by atoms with E-state index in [0.717, 1.165) is 22.7 Å². The van der Waals surface area contributed by atoms with Crippen molar-refractivity contribution in [1.82, 2.24) is 4.90 Å². The normalized spacial score (nSPS) is 17.3. The van der Waals surface area contributed by atoms with Crippen LogP contribution in [0.3, 0.4) is 0 Å². The largest absolute Gasteiger partial charge is 0.480 e. The zero-order valence-electron chi connectivity index (χ0n) is 18.8. The van der Waals surface area contributed by atoms with Gasteiger partial charge >= 0.3 is 5.97 Å². The van der Waals surface area contributed by atoms with Gasteiger partial charge in [0.25, 0.3) is 0 Å². The molecule has 2 heterocycles. The lowest BCUT2D eigenvalue weighted by Gasteiger charge is -2.38. The number of hydrogen-bond donors (Lipinski definition) is 1. The Hall–Kier alpha value is -3.06. The van der Waals surface area contributed by atoms with E-state index >= 15 is 0 Å². The van der Waals surface area contributed by atoms with E-state index in [1.807, 2.05) is 35.2 Å². The second-order valence-corrected chi connectivity index (χ2v) is 9.37. The van der Waals surface area contributed by atoms with Crippen molar-refractivity contribution in [2.24, 2.45) is 0 Å². The highest BCUT2D eigenvalue weighted by atomic mass is 16.7. The van der Waals surface area contributed by atoms with E-state index in [0.29, 0.717) is 31.7 Å². The number of carbonyl (C=O) groups is 2. The van der Waals surface area contributed by atoms with Crippen LogP contribution >= 0.6 is 0 Å². The van der Waals surface area contributed by atoms with Crippen LogP contribution in [0.15, 0.2) is 42.5 Å². The number of carboxylic acid groups (broad SMARTS) is 1. The van der Waals surface area contributed by atoms with Gasteiger partial charge in [0.05, 0.1) is 0 Å². The average Bonchev–Trinajstić information content (AvgIpc) is 3.25. The molecule has 0 spiro atoms. The summed E-state index contributed by atoms with van der Waals surface area (Å²) in [5, 5.41) is 9.82. The van der Waals surface area contributed by atoms with Crippen LogP contribution in [0.1, 0.15) is 43.1 Å². The van der Waals surface area contributed by atoms with Crippen molar-refractivity contribution in [1.29, 1.82) is 0 Å². The fourth-order valence-electron chi connectivity index (χ4n) is 4.20. The van der Waals surface area contributed by atoms with Crippen LogP contribution in [0.5, 0.6) is 11.5 Å². The summed E-state index contributed by atoms with van der Waals surface area (Å²) >= 11 is 0. The Balaban J connectivity index is 1.38. The van der Waals surface area contributed by atoms with E-state index in [2.05, 4.69) is 25.7 Å². The minimum atomic E-state index is -0.957. The number of Topliss-reactive ketones (excluding diaryl/α,β-unsaturated/α-hetero) is 1. The van der Waals surface area contributed by atoms with E-state index in [9.17, 15) is 14.7 Å². The fourth-order valence-corrected chi connectivity index (χ4v) is 4.20. The first-order valence-electron chi connectivity index (χ1n) is 11.0. The fraction of sp³-hybridized carbons (Fsp3) is 0.440. The molecule has 1 saturated heterocycles. The molecule has 7 heteroatoms. The number of rotatable bonds is 6. The molecule has 2 aliphatic rings. The van der Waals surface area contributed by atoms with Crippen molar-refractivity contribution in [2.75, 3.05) is 37.9 Å². The topological polar surface area (TPSA) is 79.3 Å². The number of carboxylic acids is 1. The van der Waals surface area contributed by atoms with Crippen LogP contribution in [-0.2, 0) is 10.2 Å². The minimum Gasteiger partial charge on any atom is -0.480 e. The molecule has 0 bridgehead atoms. The van der Waals surface area contributed by atoms with Gasteiger partial charge in [-0.1, -0.05) is 45.0 Å². The molecule has 2 aliphatic heterocycles. The van der Waals surface area contributed by atoms with E-state index in [4.69, 9.17) is 9.47 Å². The van der Waals surface area contributed by atoms with Gasteiger partial charge in [-0.3, -0.25) is 14.5 Å². The lowest BCUT2D eigenvalue weighted by atomic mass is 9.86. The number of carbonyl (C=O) groups excluding carboxylic acids is 1. The van der Waals surface area contributed by atoms with E-state index < -0.39 is 12.0 Å². The van der Waals surface area contributed by atoms with Crippen molar-refractivity contribution in [3.8, 4) is 11.5 Å². The first-order chi connectivity index (χ1) is 15.2. The van der Waals surface area contributed by atoms with Gasteiger partial charge in [-0.15, -0.1) is 0 Å². The van der Waals surface area contributed by atoms with Gasteiger partial charge in [0.1, 0.15) is 6.04 Å². The molecular formula is C25H30N2O5. The molecule has 32 heavy (non-hydrogen) atoms. The summed E-state index contributed by atoms with van der Waals surface area (Å²) in [5.41, 5.74) is 2.73. The smallest absolute Gasteiger partial charge is 0.321 e. The Labute approximate surface area is 188 Å². The summed E-state index contributed by atoms with van der Waals surface area (Å²) in [6.45, 7) is 9.09. The number of benzene rings is 2. The highest BCUT2D eigenvalue weighted by molar-refractivity contribution is 5.98. The number of piperazine rings is 1. The van der Waals surface area contributed by atoms with Crippen molar-refractivity contribution < 1.29 is 24.2 Å². The summed E-state index contributed by atoms with van der Waals surface area (Å²) in [6, 6.07) is 12.5. The third-order valence-corrected chi connectivity index (χ3v) is 6.21. The van der Waals surface area contributed by atoms with Gasteiger partial charge in [-0.05, 0) is 23.1 Å². The molecule has 0 amide bonds. The van der Waals surface area contributed by atoms with Crippen molar-refractivity contribution >= 4 is 17.4 Å². The number of ketones is 1. The monoisotopic (exact) mass is 438 g/mol. The van der Waals surface area contributed by atoms with Gasteiger partial charge in [-0.25, -0.2) is 0 Å². The highest BCUT2D eigenvalue weighted by Gasteiger charge is 2.31. The van der Waals surface area contributed by atoms with Gasteiger partial charge in [-0.2, -0.15) is 0 Å². The average molecular weight is 439 g/mol. The predicted molar refractivity (Wildman–Crippen MR) is 122 cm³/mol. The summed E-state index contributed by atoms with van der Waals surface area (Å²) < 4.78 is 10.8. The van der Waals surface area contributed by atoms with Crippen molar-refractivity contribution in [3.05, 3.63) is 53.6 Å². The molecule has 1 fully saturated rings. The van der Waals surface area contributed by atoms with Crippen molar-refractivity contribution in [2.45, 2.75) is 38.6 Å². The molecule has 0 saturated carbocycles. The standard InChI is InChI=1S/C25H30N2O5/c1-25(2,3)18-6-4-17(5-7-18)21(28)15-20(24(29)30)27-12-10-26(11-13-27)19-8-9-22-23(14-19)32-16-31-22/h4-9,14,20H,10-13,15-16H2,1-3H3,(H,29,30). The predicted octanol–water partition coefficient (Wildman–Crippen LogP) is 3.56. The van der Waals surface area contributed by atoms with Crippen LogP contribution in [0, 0.1) is 0 Å². The maximum Gasteiger partial charge on any atom is 0.321 e. The second-order valence-electron chi connectivity index (χ2n) is 9.37. The molecule has 2 aromatic carbocycles.